The van der Waals surface area contributed by atoms with Gasteiger partial charge < -0.3 is 10.0 Å². The first kappa shape index (κ1) is 27.4. The summed E-state index contributed by atoms with van der Waals surface area (Å²) in [6.07, 6.45) is 2.12. The molecule has 2 saturated heterocycles. The summed E-state index contributed by atoms with van der Waals surface area (Å²) in [6.45, 7) is 10.7. The summed E-state index contributed by atoms with van der Waals surface area (Å²) in [5, 5.41) is 10.3. The molecular formula is C33H40FN3O2. The van der Waals surface area contributed by atoms with Gasteiger partial charge in [-0.05, 0) is 85.7 Å². The number of carbonyl (C=O) groups excluding carboxylic acids is 1. The van der Waals surface area contributed by atoms with E-state index in [1.165, 1.54) is 6.07 Å². The van der Waals surface area contributed by atoms with Gasteiger partial charge in [-0.15, -0.1) is 0 Å². The molecule has 1 amide bonds. The molecule has 5 rings (SSSR count). The van der Waals surface area contributed by atoms with Crippen LogP contribution in [0, 0.1) is 11.7 Å². The average molecular weight is 530 g/mol. The zero-order valence-electron chi connectivity index (χ0n) is 23.3. The van der Waals surface area contributed by atoms with Crippen molar-refractivity contribution in [3.8, 4) is 5.75 Å². The van der Waals surface area contributed by atoms with Crippen molar-refractivity contribution in [2.45, 2.75) is 58.3 Å². The highest BCUT2D eigenvalue weighted by atomic mass is 19.1. The molecule has 2 aliphatic rings. The number of phenolic OH excluding ortho intramolecular Hbond substituents is 1. The Morgan fingerprint density at radius 1 is 0.897 bits per heavy atom. The van der Waals surface area contributed by atoms with Gasteiger partial charge in [0.2, 0.25) is 0 Å². The zero-order valence-corrected chi connectivity index (χ0v) is 23.3. The topological polar surface area (TPSA) is 47.0 Å². The fraction of sp³-hybridized carbons (Fsp3) is 0.424. The van der Waals surface area contributed by atoms with E-state index in [1.54, 1.807) is 18.2 Å². The maximum Gasteiger partial charge on any atom is 0.253 e. The average Bonchev–Trinajstić information content (AvgIpc) is 2.92. The predicted octanol–water partition coefficient (Wildman–Crippen LogP) is 6.09. The molecule has 0 aromatic heterocycles. The van der Waals surface area contributed by atoms with E-state index < -0.39 is 0 Å². The number of hydrogen-bond acceptors (Lipinski definition) is 4. The molecule has 0 saturated carbocycles. The normalized spacial score (nSPS) is 22.1. The number of piperazine rings is 1. The van der Waals surface area contributed by atoms with Crippen LogP contribution in [0.5, 0.6) is 5.75 Å². The molecule has 206 valence electrons. The highest BCUT2D eigenvalue weighted by Gasteiger charge is 2.35. The van der Waals surface area contributed by atoms with E-state index in [1.807, 2.05) is 35.2 Å². The van der Waals surface area contributed by atoms with Crippen LogP contribution in [0.2, 0.25) is 0 Å². The molecule has 0 bridgehead atoms. The Bertz CT molecular complexity index is 1270. The molecule has 2 heterocycles. The minimum absolute atomic E-state index is 0.0640. The smallest absolute Gasteiger partial charge is 0.253 e. The maximum atomic E-state index is 13.8. The van der Waals surface area contributed by atoms with Gasteiger partial charge in [-0.25, -0.2) is 4.39 Å². The number of aromatic hydroxyl groups is 1. The lowest BCUT2D eigenvalue weighted by Crippen LogP contribution is -2.56. The summed E-state index contributed by atoms with van der Waals surface area (Å²) in [4.78, 5) is 20.0. The van der Waals surface area contributed by atoms with E-state index in [9.17, 15) is 14.3 Å². The van der Waals surface area contributed by atoms with Crippen LogP contribution >= 0.6 is 0 Å². The van der Waals surface area contributed by atoms with Crippen molar-refractivity contribution < 1.29 is 14.3 Å². The summed E-state index contributed by atoms with van der Waals surface area (Å²) in [6, 6.07) is 22.8. The summed E-state index contributed by atoms with van der Waals surface area (Å²) in [7, 11) is 0. The molecule has 3 aromatic carbocycles. The first-order chi connectivity index (χ1) is 18.8. The third-order valence-corrected chi connectivity index (χ3v) is 8.50. The third kappa shape index (κ3) is 6.34. The Kier molecular flexibility index (Phi) is 8.34. The number of halogens is 1. The second-order valence-corrected chi connectivity index (χ2v) is 11.5. The second-order valence-electron chi connectivity index (χ2n) is 11.5. The Morgan fingerprint density at radius 3 is 2.31 bits per heavy atom. The number of hydrogen-bond donors (Lipinski definition) is 1. The molecule has 6 heteroatoms. The Hall–Kier alpha value is -3.22. The van der Waals surface area contributed by atoms with Crippen LogP contribution in [0.4, 0.5) is 4.39 Å². The lowest BCUT2D eigenvalue weighted by Gasteiger charge is -2.47. The SMILES string of the molecule is CC1CCN(C(=O)c2ccc(C(c3cccc(O)c3)N3C[C@@H](C)N(Cc4cccc(F)c4)C[C@@H]3C)cc2)CC1. The van der Waals surface area contributed by atoms with Crippen molar-refractivity contribution in [1.82, 2.24) is 14.7 Å². The number of phenols is 1. The van der Waals surface area contributed by atoms with E-state index in [0.717, 1.165) is 61.3 Å². The van der Waals surface area contributed by atoms with E-state index in [-0.39, 0.29) is 35.6 Å². The van der Waals surface area contributed by atoms with Crippen LogP contribution in [-0.4, -0.2) is 64.0 Å². The number of carbonyl (C=O) groups is 1. The number of nitrogens with zero attached hydrogens (tertiary/aromatic N) is 3. The number of benzene rings is 3. The van der Waals surface area contributed by atoms with Gasteiger partial charge >= 0.3 is 0 Å². The fourth-order valence-corrected chi connectivity index (χ4v) is 6.15. The molecule has 3 atom stereocenters. The van der Waals surface area contributed by atoms with Crippen LogP contribution in [0.25, 0.3) is 0 Å². The predicted molar refractivity (Wildman–Crippen MR) is 153 cm³/mol. The number of amides is 1. The van der Waals surface area contributed by atoms with Crippen molar-refractivity contribution >= 4 is 5.91 Å². The maximum absolute atomic E-state index is 13.8. The van der Waals surface area contributed by atoms with Crippen LogP contribution < -0.4 is 0 Å². The van der Waals surface area contributed by atoms with Gasteiger partial charge in [0.25, 0.3) is 5.91 Å². The molecule has 3 aromatic rings. The van der Waals surface area contributed by atoms with Gasteiger partial charge in [0, 0.05) is 50.4 Å². The minimum atomic E-state index is -0.201. The zero-order chi connectivity index (χ0) is 27.5. The highest BCUT2D eigenvalue weighted by Crippen LogP contribution is 2.35. The quantitative estimate of drug-likeness (QED) is 0.420. The van der Waals surface area contributed by atoms with E-state index in [2.05, 4.69) is 48.8 Å². The highest BCUT2D eigenvalue weighted by molar-refractivity contribution is 5.94. The molecule has 0 radical (unpaired) electrons. The van der Waals surface area contributed by atoms with Gasteiger partial charge in [-0.3, -0.25) is 14.6 Å². The van der Waals surface area contributed by atoms with E-state index >= 15 is 0 Å². The fourth-order valence-electron chi connectivity index (χ4n) is 6.15. The molecule has 39 heavy (non-hydrogen) atoms. The third-order valence-electron chi connectivity index (χ3n) is 8.50. The van der Waals surface area contributed by atoms with Gasteiger partial charge in [0.05, 0.1) is 6.04 Å². The lowest BCUT2D eigenvalue weighted by atomic mass is 9.92. The van der Waals surface area contributed by atoms with Crippen molar-refractivity contribution in [2.75, 3.05) is 26.2 Å². The summed E-state index contributed by atoms with van der Waals surface area (Å²) < 4.78 is 13.8. The molecule has 5 nitrogen and oxygen atoms in total. The molecule has 0 spiro atoms. The Labute approximate surface area is 231 Å². The Morgan fingerprint density at radius 2 is 1.62 bits per heavy atom. The van der Waals surface area contributed by atoms with Gasteiger partial charge in [-0.1, -0.05) is 43.3 Å². The van der Waals surface area contributed by atoms with Crippen LogP contribution in [0.1, 0.15) is 66.7 Å². The first-order valence-electron chi connectivity index (χ1n) is 14.2. The molecule has 2 aliphatic heterocycles. The number of piperidine rings is 1. The summed E-state index contributed by atoms with van der Waals surface area (Å²) in [5.41, 5.74) is 3.83. The first-order valence-corrected chi connectivity index (χ1v) is 14.2. The van der Waals surface area contributed by atoms with E-state index in [4.69, 9.17) is 0 Å². The number of likely N-dealkylation sites (tertiary alicyclic amines) is 1. The van der Waals surface area contributed by atoms with Crippen molar-refractivity contribution in [1.29, 1.82) is 0 Å². The molecule has 1 N–H and O–H groups in total. The monoisotopic (exact) mass is 529 g/mol. The standard InChI is InChI=1S/C33H40FN3O2/c1-23-14-16-35(17-15-23)33(39)28-12-10-27(11-13-28)32(29-7-5-9-31(38)19-29)37-21-24(2)36(20-25(37)3)22-26-6-4-8-30(34)18-26/h4-13,18-19,23-25,32,38H,14-17,20-22H2,1-3H3/t24-,25+,32?/m1/s1. The van der Waals surface area contributed by atoms with Gasteiger partial charge in [0.15, 0.2) is 0 Å². The van der Waals surface area contributed by atoms with Crippen LogP contribution in [0.3, 0.4) is 0 Å². The summed E-state index contributed by atoms with van der Waals surface area (Å²) >= 11 is 0. The van der Waals surface area contributed by atoms with Crippen LogP contribution in [-0.2, 0) is 6.54 Å². The Balaban J connectivity index is 1.38. The lowest BCUT2D eigenvalue weighted by molar-refractivity contribution is 0.0194. The molecular weight excluding hydrogens is 489 g/mol. The molecule has 0 aliphatic carbocycles. The number of rotatable bonds is 6. The van der Waals surface area contributed by atoms with Crippen molar-refractivity contribution in [2.24, 2.45) is 5.92 Å². The largest absolute Gasteiger partial charge is 0.508 e. The van der Waals surface area contributed by atoms with Crippen LogP contribution in [0.15, 0.2) is 72.8 Å². The van der Waals surface area contributed by atoms with Gasteiger partial charge in [-0.2, -0.15) is 0 Å². The molecule has 1 unspecified atom stereocenters. The van der Waals surface area contributed by atoms with Crippen molar-refractivity contribution in [3.63, 3.8) is 0 Å². The van der Waals surface area contributed by atoms with E-state index in [0.29, 0.717) is 12.5 Å². The molecule has 2 fully saturated rings. The van der Waals surface area contributed by atoms with Crippen molar-refractivity contribution in [3.05, 3.63) is 101 Å². The minimum Gasteiger partial charge on any atom is -0.508 e. The van der Waals surface area contributed by atoms with Gasteiger partial charge in [0.1, 0.15) is 11.6 Å². The summed E-state index contributed by atoms with van der Waals surface area (Å²) in [5.74, 6) is 0.829. The second kappa shape index (κ2) is 11.9.